The van der Waals surface area contributed by atoms with Crippen LogP contribution in [0.25, 0.3) is 5.69 Å². The normalized spacial score (nSPS) is 20.3. The number of amides is 2. The number of nitrogens with one attached hydrogen (secondary N) is 1. The SMILES string of the molecule is CC(=O)OC(CC(=O)OC1CCNC(=O)C(Cc2cc(-n3nc(C)c4c3CC(C)(C)CC4=O)cc(F)c2C(N)=O)C1)C[N+](C)(C)C. The molecule has 3 N–H and O–H groups in total. The fourth-order valence-corrected chi connectivity index (χ4v) is 6.56. The molecule has 3 unspecified atom stereocenters. The average Bonchev–Trinajstić information content (AvgIpc) is 3.10. The van der Waals surface area contributed by atoms with Crippen molar-refractivity contribution >= 4 is 29.5 Å². The summed E-state index contributed by atoms with van der Waals surface area (Å²) >= 11 is 0. The Morgan fingerprint density at radius 1 is 1.20 bits per heavy atom. The highest BCUT2D eigenvalue weighted by Gasteiger charge is 2.37. The molecular weight excluding hydrogens is 597 g/mol. The minimum atomic E-state index is -0.986. The molecule has 1 aliphatic carbocycles. The van der Waals surface area contributed by atoms with Crippen molar-refractivity contribution in [2.24, 2.45) is 17.1 Å². The summed E-state index contributed by atoms with van der Waals surface area (Å²) in [7, 11) is 5.74. The summed E-state index contributed by atoms with van der Waals surface area (Å²) in [6.45, 7) is 7.62. The van der Waals surface area contributed by atoms with E-state index in [0.717, 1.165) is 6.07 Å². The molecule has 0 bridgehead atoms. The third kappa shape index (κ3) is 8.36. The lowest BCUT2D eigenvalue weighted by atomic mass is 9.75. The predicted molar refractivity (Wildman–Crippen MR) is 166 cm³/mol. The molecule has 1 aliphatic heterocycles. The van der Waals surface area contributed by atoms with Gasteiger partial charge in [0.25, 0.3) is 5.91 Å². The first-order valence-corrected chi connectivity index (χ1v) is 15.5. The Balaban J connectivity index is 1.61. The number of primary amides is 1. The van der Waals surface area contributed by atoms with Crippen LogP contribution in [0.15, 0.2) is 12.1 Å². The highest BCUT2D eigenvalue weighted by Crippen LogP contribution is 2.37. The van der Waals surface area contributed by atoms with Crippen LogP contribution in [0.2, 0.25) is 0 Å². The summed E-state index contributed by atoms with van der Waals surface area (Å²) in [5.74, 6) is -4.07. The van der Waals surface area contributed by atoms with Crippen molar-refractivity contribution in [3.63, 3.8) is 0 Å². The van der Waals surface area contributed by atoms with Crippen LogP contribution in [0, 0.1) is 24.1 Å². The first kappa shape index (κ1) is 34.7. The maximum absolute atomic E-state index is 15.6. The van der Waals surface area contributed by atoms with E-state index in [1.165, 1.54) is 11.6 Å². The van der Waals surface area contributed by atoms with Crippen LogP contribution in [-0.4, -0.2) is 90.2 Å². The van der Waals surface area contributed by atoms with Gasteiger partial charge in [-0.05, 0) is 43.2 Å². The van der Waals surface area contributed by atoms with E-state index in [1.54, 1.807) is 13.0 Å². The fraction of sp³-hybridized carbons (Fsp3) is 0.576. The number of hydrogen-bond donors (Lipinski definition) is 2. The van der Waals surface area contributed by atoms with Gasteiger partial charge in [0.1, 0.15) is 18.5 Å². The Bertz CT molecular complexity index is 1560. The number of nitrogens with zero attached hydrogens (tertiary/aromatic N) is 3. The number of aromatic nitrogens is 2. The number of rotatable bonds is 10. The van der Waals surface area contributed by atoms with Crippen molar-refractivity contribution in [1.82, 2.24) is 15.1 Å². The van der Waals surface area contributed by atoms with Crippen molar-refractivity contribution < 1.29 is 42.3 Å². The van der Waals surface area contributed by atoms with Gasteiger partial charge in [0.2, 0.25) is 5.91 Å². The number of quaternary nitrogens is 1. The van der Waals surface area contributed by atoms with E-state index in [1.807, 2.05) is 35.0 Å². The highest BCUT2D eigenvalue weighted by molar-refractivity contribution is 6.00. The second-order valence-electron chi connectivity index (χ2n) is 14.3. The van der Waals surface area contributed by atoms with E-state index in [2.05, 4.69) is 10.4 Å². The van der Waals surface area contributed by atoms with Gasteiger partial charge >= 0.3 is 11.9 Å². The zero-order valence-electron chi connectivity index (χ0n) is 27.7. The standard InChI is InChI=1S/C33H44FN5O7/c1-18-29-26(15-33(3,4)16-27(29)41)38(37-18)22-11-20(30(31(35)43)25(34)13-22)10-21-12-23(8-9-36-32(21)44)46-28(42)14-24(45-19(2)40)17-39(5,6)7/h11,13,21,23-24H,8-10,12,14-17H2,1-7H3,(H2-,35,36,43,44)/p+1. The first-order valence-electron chi connectivity index (χ1n) is 15.5. The first-order chi connectivity index (χ1) is 21.3. The van der Waals surface area contributed by atoms with E-state index in [-0.39, 0.29) is 54.0 Å². The van der Waals surface area contributed by atoms with Gasteiger partial charge in [-0.15, -0.1) is 0 Å². The maximum atomic E-state index is 15.6. The van der Waals surface area contributed by atoms with Crippen molar-refractivity contribution in [3.05, 3.63) is 46.0 Å². The average molecular weight is 643 g/mol. The molecule has 3 atom stereocenters. The van der Waals surface area contributed by atoms with Gasteiger partial charge in [-0.1, -0.05) is 13.8 Å². The largest absolute Gasteiger partial charge is 0.462 e. The lowest BCUT2D eigenvalue weighted by molar-refractivity contribution is -0.873. The third-order valence-corrected chi connectivity index (χ3v) is 8.29. The lowest BCUT2D eigenvalue weighted by Crippen LogP contribution is -2.44. The molecule has 250 valence electrons. The molecule has 1 fully saturated rings. The fourth-order valence-electron chi connectivity index (χ4n) is 6.56. The van der Waals surface area contributed by atoms with Crippen LogP contribution in [0.5, 0.6) is 0 Å². The monoisotopic (exact) mass is 642 g/mol. The number of hydrogen-bond acceptors (Lipinski definition) is 8. The van der Waals surface area contributed by atoms with Gasteiger partial charge in [0.05, 0.1) is 55.8 Å². The second kappa shape index (κ2) is 13.3. The molecule has 2 aliphatic rings. The Labute approximate surface area is 268 Å². The summed E-state index contributed by atoms with van der Waals surface area (Å²) in [4.78, 5) is 63.1. The van der Waals surface area contributed by atoms with Crippen LogP contribution in [-0.2, 0) is 36.7 Å². The molecule has 12 nitrogen and oxygen atoms in total. The number of likely N-dealkylation sites (N-methyl/N-ethyl adjacent to an activating group) is 1. The molecule has 46 heavy (non-hydrogen) atoms. The molecule has 2 heterocycles. The molecule has 2 aromatic rings. The number of fused-ring (bicyclic) bond motifs is 1. The smallest absolute Gasteiger partial charge is 0.310 e. The number of ether oxygens (including phenoxy) is 2. The Kier molecular flexibility index (Phi) is 10.0. The molecule has 2 amide bonds. The number of Topliss-reactive ketones (excluding diaryl/α,β-unsaturated/α-hetero) is 1. The van der Waals surface area contributed by atoms with Gasteiger partial charge in [-0.2, -0.15) is 5.10 Å². The van der Waals surface area contributed by atoms with Gasteiger partial charge in [-0.3, -0.25) is 24.0 Å². The number of ketones is 1. The van der Waals surface area contributed by atoms with Gasteiger partial charge in [-0.25, -0.2) is 9.07 Å². The Hall–Kier alpha value is -4.13. The number of esters is 2. The number of carbonyl (C=O) groups is 5. The predicted octanol–water partition coefficient (Wildman–Crippen LogP) is 2.58. The maximum Gasteiger partial charge on any atom is 0.310 e. The molecule has 4 rings (SSSR count). The van der Waals surface area contributed by atoms with E-state index < -0.39 is 41.8 Å². The van der Waals surface area contributed by atoms with Gasteiger partial charge < -0.3 is 25.0 Å². The minimum absolute atomic E-state index is 0.0307. The summed E-state index contributed by atoms with van der Waals surface area (Å²) < 4.78 is 28.7. The molecule has 0 saturated carbocycles. The Morgan fingerprint density at radius 2 is 1.89 bits per heavy atom. The zero-order valence-corrected chi connectivity index (χ0v) is 27.7. The minimum Gasteiger partial charge on any atom is -0.462 e. The molecule has 13 heteroatoms. The quantitative estimate of drug-likeness (QED) is 0.296. The number of halogens is 1. The van der Waals surface area contributed by atoms with E-state index >= 15 is 4.39 Å². The molecule has 1 aromatic heterocycles. The van der Waals surface area contributed by atoms with Crippen molar-refractivity contribution in [2.75, 3.05) is 34.2 Å². The molecular formula is C33H45FN5O7+. The topological polar surface area (TPSA) is 160 Å². The molecule has 1 saturated heterocycles. The van der Waals surface area contributed by atoms with Crippen LogP contribution in [0.4, 0.5) is 4.39 Å². The van der Waals surface area contributed by atoms with Crippen molar-refractivity contribution in [3.8, 4) is 5.69 Å². The number of benzene rings is 1. The Morgan fingerprint density at radius 3 is 2.52 bits per heavy atom. The summed E-state index contributed by atoms with van der Waals surface area (Å²) in [5, 5.41) is 7.38. The van der Waals surface area contributed by atoms with E-state index in [9.17, 15) is 24.0 Å². The third-order valence-electron chi connectivity index (χ3n) is 8.29. The molecule has 1 aromatic carbocycles. The zero-order chi connectivity index (χ0) is 34.1. The van der Waals surface area contributed by atoms with Crippen LogP contribution in [0.1, 0.15) is 84.1 Å². The van der Waals surface area contributed by atoms with Crippen molar-refractivity contribution in [2.45, 2.75) is 78.4 Å². The number of carbonyl (C=O) groups excluding carboxylic acids is 5. The van der Waals surface area contributed by atoms with Crippen LogP contribution < -0.4 is 11.1 Å². The molecule has 0 spiro atoms. The number of nitrogens with two attached hydrogens (primary N) is 1. The van der Waals surface area contributed by atoms with Crippen LogP contribution >= 0.6 is 0 Å². The van der Waals surface area contributed by atoms with Crippen molar-refractivity contribution in [1.29, 1.82) is 0 Å². The summed E-state index contributed by atoms with van der Waals surface area (Å²) in [6.07, 6.45) is -0.179. The summed E-state index contributed by atoms with van der Waals surface area (Å²) in [6, 6.07) is 2.74. The lowest BCUT2D eigenvalue weighted by Gasteiger charge is -2.29. The van der Waals surface area contributed by atoms with Gasteiger partial charge in [0.15, 0.2) is 11.9 Å². The number of aryl methyl sites for hydroxylation is 1. The highest BCUT2D eigenvalue weighted by atomic mass is 19.1. The second-order valence-corrected chi connectivity index (χ2v) is 14.3. The molecule has 0 radical (unpaired) electrons. The van der Waals surface area contributed by atoms with Gasteiger partial charge in [0, 0.05) is 38.3 Å². The van der Waals surface area contributed by atoms with Crippen LogP contribution in [0.3, 0.4) is 0 Å². The van der Waals surface area contributed by atoms with E-state index in [4.69, 9.17) is 15.2 Å². The summed E-state index contributed by atoms with van der Waals surface area (Å²) in [5.41, 5.74) is 7.16. The van der Waals surface area contributed by atoms with E-state index in [0.29, 0.717) is 52.9 Å².